The highest BCUT2D eigenvalue weighted by atomic mass is 19.3. The molecule has 34 heavy (non-hydrogen) atoms. The molecular formula is C31H44F2O. The van der Waals surface area contributed by atoms with Crippen LogP contribution in [0.5, 0.6) is 5.75 Å². The van der Waals surface area contributed by atoms with Crippen LogP contribution in [0.25, 0.3) is 0 Å². The van der Waals surface area contributed by atoms with Gasteiger partial charge in [-0.3, -0.25) is 0 Å². The number of hydrogen-bond acceptors (Lipinski definition) is 1. The van der Waals surface area contributed by atoms with E-state index in [1.807, 2.05) is 12.1 Å². The fourth-order valence-corrected chi connectivity index (χ4v) is 5.54. The predicted molar refractivity (Wildman–Crippen MR) is 139 cm³/mol. The highest BCUT2D eigenvalue weighted by Gasteiger charge is 2.22. The summed E-state index contributed by atoms with van der Waals surface area (Å²) in [5.74, 6) is 2.06. The fourth-order valence-electron chi connectivity index (χ4n) is 5.54. The van der Waals surface area contributed by atoms with Gasteiger partial charge in [0.2, 0.25) is 0 Å². The molecule has 0 amide bonds. The first-order valence-corrected chi connectivity index (χ1v) is 13.7. The molecule has 3 rings (SSSR count). The molecule has 1 atom stereocenters. The maximum absolute atomic E-state index is 12.4. The van der Waals surface area contributed by atoms with Crippen LogP contribution in [0.15, 0.2) is 48.5 Å². The van der Waals surface area contributed by atoms with Crippen molar-refractivity contribution in [3.63, 3.8) is 0 Å². The van der Waals surface area contributed by atoms with Crippen molar-refractivity contribution in [2.75, 3.05) is 0 Å². The maximum atomic E-state index is 12.4. The average molecular weight is 471 g/mol. The third-order valence-electron chi connectivity index (χ3n) is 7.83. The van der Waals surface area contributed by atoms with Crippen LogP contribution in [0.1, 0.15) is 126 Å². The molecule has 0 N–H and O–H groups in total. The zero-order valence-electron chi connectivity index (χ0n) is 21.3. The van der Waals surface area contributed by atoms with Crippen molar-refractivity contribution >= 4 is 0 Å². The first-order valence-electron chi connectivity index (χ1n) is 13.7. The number of ether oxygens (including phenoxy) is 1. The molecule has 1 unspecified atom stereocenters. The van der Waals surface area contributed by atoms with E-state index in [4.69, 9.17) is 0 Å². The normalized spacial score (nSPS) is 19.3. The smallest absolute Gasteiger partial charge is 0.387 e. The van der Waals surface area contributed by atoms with Crippen molar-refractivity contribution in [3.8, 4) is 5.75 Å². The van der Waals surface area contributed by atoms with Gasteiger partial charge in [0.25, 0.3) is 0 Å². The standard InChI is InChI=1S/C31H44F2O/c1-3-4-5-6-7-8-9-10-11-25-12-14-28(15-13-25)29-18-16-26(17-19-29)24(2)27-20-22-30(23-21-27)34-31(32)33/h16-25,28,31H,3-15H2,1-2H3. The Hall–Kier alpha value is -1.90. The minimum atomic E-state index is -2.78. The topological polar surface area (TPSA) is 9.23 Å². The summed E-state index contributed by atoms with van der Waals surface area (Å²) in [6, 6.07) is 16.1. The van der Waals surface area contributed by atoms with Gasteiger partial charge in [0.1, 0.15) is 5.75 Å². The quantitative estimate of drug-likeness (QED) is 0.249. The van der Waals surface area contributed by atoms with Gasteiger partial charge in [0, 0.05) is 5.92 Å². The molecule has 0 saturated heterocycles. The highest BCUT2D eigenvalue weighted by molar-refractivity contribution is 5.37. The van der Waals surface area contributed by atoms with Gasteiger partial charge in [-0.25, -0.2) is 0 Å². The van der Waals surface area contributed by atoms with Crippen LogP contribution < -0.4 is 4.74 Å². The molecule has 1 fully saturated rings. The molecule has 0 bridgehead atoms. The van der Waals surface area contributed by atoms with Gasteiger partial charge >= 0.3 is 6.61 Å². The van der Waals surface area contributed by atoms with E-state index in [9.17, 15) is 8.78 Å². The van der Waals surface area contributed by atoms with E-state index in [0.717, 1.165) is 11.5 Å². The number of benzene rings is 2. The molecule has 0 radical (unpaired) electrons. The summed E-state index contributed by atoms with van der Waals surface area (Å²) in [5, 5.41) is 0. The lowest BCUT2D eigenvalue weighted by atomic mass is 9.76. The van der Waals surface area contributed by atoms with E-state index in [1.165, 1.54) is 94.6 Å². The van der Waals surface area contributed by atoms with Crippen molar-refractivity contribution in [1.29, 1.82) is 0 Å². The second-order valence-electron chi connectivity index (χ2n) is 10.3. The summed E-state index contributed by atoms with van der Waals surface area (Å²) >= 11 is 0. The van der Waals surface area contributed by atoms with Gasteiger partial charge in [0.15, 0.2) is 0 Å². The van der Waals surface area contributed by atoms with E-state index in [2.05, 4.69) is 42.8 Å². The number of rotatable bonds is 14. The Bertz CT molecular complexity index is 791. The Kier molecular flexibility index (Phi) is 11.4. The number of halogens is 2. The van der Waals surface area contributed by atoms with Crippen LogP contribution in [0.2, 0.25) is 0 Å². The predicted octanol–water partition coefficient (Wildman–Crippen LogP) is 10.2. The van der Waals surface area contributed by atoms with Crippen LogP contribution in [0.3, 0.4) is 0 Å². The third-order valence-corrected chi connectivity index (χ3v) is 7.83. The van der Waals surface area contributed by atoms with Crippen molar-refractivity contribution in [2.24, 2.45) is 5.92 Å². The fraction of sp³-hybridized carbons (Fsp3) is 0.613. The van der Waals surface area contributed by atoms with Crippen molar-refractivity contribution in [1.82, 2.24) is 0 Å². The van der Waals surface area contributed by atoms with Crippen LogP contribution in [-0.2, 0) is 0 Å². The molecule has 0 aromatic heterocycles. The van der Waals surface area contributed by atoms with Crippen LogP contribution in [-0.4, -0.2) is 6.61 Å². The van der Waals surface area contributed by atoms with Crippen LogP contribution in [0, 0.1) is 5.92 Å². The summed E-state index contributed by atoms with van der Waals surface area (Å²) in [6.07, 6.45) is 18.1. The molecule has 1 aliphatic rings. The molecule has 0 heterocycles. The number of hydrogen-bond donors (Lipinski definition) is 0. The second kappa shape index (κ2) is 14.5. The summed E-state index contributed by atoms with van der Waals surface area (Å²) < 4.78 is 29.2. The van der Waals surface area contributed by atoms with Gasteiger partial charge in [0.05, 0.1) is 0 Å². The highest BCUT2D eigenvalue weighted by Crippen LogP contribution is 2.38. The zero-order valence-corrected chi connectivity index (χ0v) is 21.3. The number of unbranched alkanes of at least 4 members (excludes halogenated alkanes) is 7. The van der Waals surface area contributed by atoms with Gasteiger partial charge in [-0.05, 0) is 66.3 Å². The summed E-state index contributed by atoms with van der Waals surface area (Å²) in [6.45, 7) is 1.66. The average Bonchev–Trinajstić information content (AvgIpc) is 2.86. The molecule has 1 saturated carbocycles. The third kappa shape index (κ3) is 8.71. The first kappa shape index (κ1) is 26.7. The molecule has 2 aromatic rings. The molecule has 0 spiro atoms. The minimum Gasteiger partial charge on any atom is -0.435 e. The van der Waals surface area contributed by atoms with Gasteiger partial charge in [-0.15, -0.1) is 0 Å². The lowest BCUT2D eigenvalue weighted by molar-refractivity contribution is -0.0498. The molecule has 0 aliphatic heterocycles. The Morgan fingerprint density at radius 2 is 1.26 bits per heavy atom. The van der Waals surface area contributed by atoms with Crippen LogP contribution >= 0.6 is 0 Å². The molecule has 1 aliphatic carbocycles. The SMILES string of the molecule is CCCCCCCCCCC1CCC(c2ccc(C(C)c3ccc(OC(F)F)cc3)cc2)CC1. The van der Waals surface area contributed by atoms with E-state index in [-0.39, 0.29) is 11.7 Å². The molecule has 2 aromatic carbocycles. The minimum absolute atomic E-state index is 0.208. The van der Waals surface area contributed by atoms with E-state index in [1.54, 1.807) is 12.1 Å². The van der Waals surface area contributed by atoms with Gasteiger partial charge in [-0.1, -0.05) is 108 Å². The zero-order chi connectivity index (χ0) is 24.2. The van der Waals surface area contributed by atoms with Gasteiger partial charge < -0.3 is 4.74 Å². The maximum Gasteiger partial charge on any atom is 0.387 e. The molecular weight excluding hydrogens is 426 g/mol. The van der Waals surface area contributed by atoms with E-state index >= 15 is 0 Å². The Morgan fingerprint density at radius 3 is 1.82 bits per heavy atom. The largest absolute Gasteiger partial charge is 0.435 e. The molecule has 3 heteroatoms. The second-order valence-corrected chi connectivity index (χ2v) is 10.3. The lowest BCUT2D eigenvalue weighted by Crippen LogP contribution is -2.13. The van der Waals surface area contributed by atoms with E-state index in [0.29, 0.717) is 5.92 Å². The summed E-state index contributed by atoms with van der Waals surface area (Å²) in [4.78, 5) is 0. The molecule has 1 nitrogen and oxygen atoms in total. The first-order chi connectivity index (χ1) is 16.6. The van der Waals surface area contributed by atoms with Crippen molar-refractivity contribution < 1.29 is 13.5 Å². The number of alkyl halides is 2. The van der Waals surface area contributed by atoms with Crippen molar-refractivity contribution in [2.45, 2.75) is 116 Å². The monoisotopic (exact) mass is 470 g/mol. The Morgan fingerprint density at radius 1 is 0.735 bits per heavy atom. The van der Waals surface area contributed by atoms with Crippen molar-refractivity contribution in [3.05, 3.63) is 65.2 Å². The van der Waals surface area contributed by atoms with Crippen LogP contribution in [0.4, 0.5) is 8.78 Å². The summed E-state index contributed by atoms with van der Waals surface area (Å²) in [7, 11) is 0. The summed E-state index contributed by atoms with van der Waals surface area (Å²) in [5.41, 5.74) is 3.84. The van der Waals surface area contributed by atoms with E-state index < -0.39 is 6.61 Å². The Balaban J connectivity index is 1.38. The van der Waals surface area contributed by atoms with Gasteiger partial charge in [-0.2, -0.15) is 8.78 Å². The molecule has 188 valence electrons. The Labute approximate surface area is 206 Å². The lowest BCUT2D eigenvalue weighted by Gasteiger charge is -2.29.